The molecule has 0 bridgehead atoms. The zero-order valence-corrected chi connectivity index (χ0v) is 14.0. The number of nitrogens with zero attached hydrogens (tertiary/aromatic N) is 6. The predicted octanol–water partition coefficient (Wildman–Crippen LogP) is 0.633. The molecular formula is C16H23N7O. The third-order valence-electron chi connectivity index (χ3n) is 4.88. The average Bonchev–Trinajstić information content (AvgIpc) is 3.20. The second-order valence-electron chi connectivity index (χ2n) is 6.58. The van der Waals surface area contributed by atoms with Crippen LogP contribution in [0.2, 0.25) is 0 Å². The molecule has 0 aliphatic carbocycles. The monoisotopic (exact) mass is 329 g/mol. The van der Waals surface area contributed by atoms with E-state index in [0.29, 0.717) is 6.54 Å². The van der Waals surface area contributed by atoms with Gasteiger partial charge in [0.1, 0.15) is 11.6 Å². The summed E-state index contributed by atoms with van der Waals surface area (Å²) < 4.78 is 3.92. The number of amides is 1. The average molecular weight is 329 g/mol. The topological polar surface area (TPSA) is 80.9 Å². The van der Waals surface area contributed by atoms with Crippen molar-refractivity contribution in [3.8, 4) is 0 Å². The summed E-state index contributed by atoms with van der Waals surface area (Å²) in [5.41, 5.74) is 0.869. The SMILES string of the molecule is Cn1cc(N2CCC[C@@H](NCc3nnc4n3CCCC4)C2=O)cn1. The molecule has 0 spiro atoms. The molecule has 8 nitrogen and oxygen atoms in total. The fourth-order valence-corrected chi connectivity index (χ4v) is 3.58. The Morgan fingerprint density at radius 1 is 1.25 bits per heavy atom. The van der Waals surface area contributed by atoms with Crippen LogP contribution in [0.4, 0.5) is 5.69 Å². The lowest BCUT2D eigenvalue weighted by Crippen LogP contribution is -2.50. The van der Waals surface area contributed by atoms with Crippen molar-refractivity contribution < 1.29 is 4.79 Å². The third-order valence-corrected chi connectivity index (χ3v) is 4.88. The largest absolute Gasteiger partial charge is 0.314 e. The summed E-state index contributed by atoms with van der Waals surface area (Å²) >= 11 is 0. The van der Waals surface area contributed by atoms with Gasteiger partial charge in [0.25, 0.3) is 0 Å². The molecule has 2 aliphatic heterocycles. The lowest BCUT2D eigenvalue weighted by molar-refractivity contribution is -0.121. The highest BCUT2D eigenvalue weighted by atomic mass is 16.2. The van der Waals surface area contributed by atoms with Crippen molar-refractivity contribution in [3.05, 3.63) is 24.0 Å². The van der Waals surface area contributed by atoms with E-state index in [-0.39, 0.29) is 11.9 Å². The van der Waals surface area contributed by atoms with E-state index >= 15 is 0 Å². The first kappa shape index (κ1) is 15.3. The first-order valence-corrected chi connectivity index (χ1v) is 8.67. The molecule has 0 radical (unpaired) electrons. The van der Waals surface area contributed by atoms with Crippen LogP contribution in [0.3, 0.4) is 0 Å². The number of hydrogen-bond donors (Lipinski definition) is 1. The van der Waals surface area contributed by atoms with Crippen LogP contribution in [-0.2, 0) is 31.4 Å². The van der Waals surface area contributed by atoms with Gasteiger partial charge in [-0.2, -0.15) is 5.10 Å². The molecule has 0 unspecified atom stereocenters. The summed E-state index contributed by atoms with van der Waals surface area (Å²) in [6, 6.07) is -0.171. The summed E-state index contributed by atoms with van der Waals surface area (Å²) in [4.78, 5) is 14.6. The number of carbonyl (C=O) groups is 1. The third kappa shape index (κ3) is 2.82. The summed E-state index contributed by atoms with van der Waals surface area (Å²) in [6.07, 6.45) is 8.84. The minimum absolute atomic E-state index is 0.118. The van der Waals surface area contributed by atoms with E-state index in [1.165, 1.54) is 12.8 Å². The first-order chi connectivity index (χ1) is 11.7. The molecule has 1 saturated heterocycles. The molecule has 2 aliphatic rings. The Morgan fingerprint density at radius 2 is 2.17 bits per heavy atom. The number of nitrogens with one attached hydrogen (secondary N) is 1. The smallest absolute Gasteiger partial charge is 0.244 e. The van der Waals surface area contributed by atoms with Crippen molar-refractivity contribution >= 4 is 11.6 Å². The van der Waals surface area contributed by atoms with Crippen LogP contribution in [0.5, 0.6) is 0 Å². The van der Waals surface area contributed by atoms with Crippen molar-refractivity contribution in [1.29, 1.82) is 0 Å². The van der Waals surface area contributed by atoms with E-state index in [1.807, 2.05) is 18.1 Å². The molecular weight excluding hydrogens is 306 g/mol. The molecule has 24 heavy (non-hydrogen) atoms. The molecule has 128 valence electrons. The highest BCUT2D eigenvalue weighted by molar-refractivity contribution is 5.97. The maximum absolute atomic E-state index is 12.8. The molecule has 4 rings (SSSR count). The van der Waals surface area contributed by atoms with E-state index in [0.717, 1.165) is 49.7 Å². The Morgan fingerprint density at radius 3 is 3.00 bits per heavy atom. The quantitative estimate of drug-likeness (QED) is 0.890. The van der Waals surface area contributed by atoms with Crippen LogP contribution < -0.4 is 10.2 Å². The maximum Gasteiger partial charge on any atom is 0.244 e. The van der Waals surface area contributed by atoms with Gasteiger partial charge < -0.3 is 9.47 Å². The number of aryl methyl sites for hydroxylation is 2. The van der Waals surface area contributed by atoms with Gasteiger partial charge in [0.05, 0.1) is 24.5 Å². The van der Waals surface area contributed by atoms with Crippen molar-refractivity contribution in [2.75, 3.05) is 11.4 Å². The predicted molar refractivity (Wildman–Crippen MR) is 88.4 cm³/mol. The molecule has 1 N–H and O–H groups in total. The summed E-state index contributed by atoms with van der Waals surface area (Å²) in [6.45, 7) is 2.33. The van der Waals surface area contributed by atoms with E-state index in [2.05, 4.69) is 25.2 Å². The van der Waals surface area contributed by atoms with E-state index in [4.69, 9.17) is 0 Å². The van der Waals surface area contributed by atoms with Crippen LogP contribution in [-0.4, -0.2) is 43.0 Å². The van der Waals surface area contributed by atoms with Gasteiger partial charge in [0.15, 0.2) is 0 Å². The van der Waals surface area contributed by atoms with E-state index in [1.54, 1.807) is 10.9 Å². The van der Waals surface area contributed by atoms with Crippen LogP contribution in [0, 0.1) is 0 Å². The number of rotatable bonds is 4. The first-order valence-electron chi connectivity index (χ1n) is 8.67. The number of carbonyl (C=O) groups excluding carboxylic acids is 1. The molecule has 1 fully saturated rings. The molecule has 1 atom stereocenters. The van der Waals surface area contributed by atoms with Gasteiger partial charge in [-0.25, -0.2) is 0 Å². The lowest BCUT2D eigenvalue weighted by atomic mass is 10.0. The van der Waals surface area contributed by atoms with Crippen LogP contribution in [0.15, 0.2) is 12.4 Å². The second kappa shape index (κ2) is 6.35. The van der Waals surface area contributed by atoms with Crippen molar-refractivity contribution in [1.82, 2.24) is 29.9 Å². The van der Waals surface area contributed by atoms with Gasteiger partial charge in [-0.15, -0.1) is 10.2 Å². The number of piperidine rings is 1. The Balaban J connectivity index is 1.43. The highest BCUT2D eigenvalue weighted by Crippen LogP contribution is 2.21. The molecule has 1 amide bonds. The Bertz CT molecular complexity index is 735. The number of hydrogen-bond acceptors (Lipinski definition) is 5. The maximum atomic E-state index is 12.8. The molecule has 8 heteroatoms. The van der Waals surface area contributed by atoms with Gasteiger partial charge in [0.2, 0.25) is 5.91 Å². The molecule has 2 aromatic rings. The van der Waals surface area contributed by atoms with Gasteiger partial charge in [0, 0.05) is 32.8 Å². The Kier molecular flexibility index (Phi) is 4.05. The number of fused-ring (bicyclic) bond motifs is 1. The minimum Gasteiger partial charge on any atom is -0.314 e. The van der Waals surface area contributed by atoms with Gasteiger partial charge in [-0.1, -0.05) is 0 Å². The Hall–Kier alpha value is -2.22. The minimum atomic E-state index is -0.171. The van der Waals surface area contributed by atoms with Crippen LogP contribution in [0.1, 0.15) is 37.3 Å². The number of aromatic nitrogens is 5. The van der Waals surface area contributed by atoms with Crippen molar-refractivity contribution in [2.45, 2.75) is 51.2 Å². The second-order valence-corrected chi connectivity index (χ2v) is 6.58. The van der Waals surface area contributed by atoms with Crippen molar-refractivity contribution in [2.24, 2.45) is 7.05 Å². The van der Waals surface area contributed by atoms with Gasteiger partial charge in [-0.05, 0) is 25.7 Å². The fraction of sp³-hybridized carbons (Fsp3) is 0.625. The molecule has 0 aromatic carbocycles. The van der Waals surface area contributed by atoms with Crippen molar-refractivity contribution in [3.63, 3.8) is 0 Å². The zero-order valence-electron chi connectivity index (χ0n) is 14.0. The molecule has 4 heterocycles. The van der Waals surface area contributed by atoms with E-state index < -0.39 is 0 Å². The summed E-state index contributed by atoms with van der Waals surface area (Å²) in [5.74, 6) is 2.13. The highest BCUT2D eigenvalue weighted by Gasteiger charge is 2.30. The van der Waals surface area contributed by atoms with Gasteiger partial charge in [-0.3, -0.25) is 14.8 Å². The number of anilines is 1. The van der Waals surface area contributed by atoms with Crippen LogP contribution in [0.25, 0.3) is 0 Å². The standard InChI is InChI=1S/C16H23N7O/c1-21-11-12(9-18-21)22-8-4-5-13(16(22)24)17-10-15-20-19-14-6-2-3-7-23(14)15/h9,11,13,17H,2-8,10H2,1H3/t13-/m1/s1. The summed E-state index contributed by atoms with van der Waals surface area (Å²) in [5, 5.41) is 16.1. The normalized spacial score (nSPS) is 21.1. The zero-order chi connectivity index (χ0) is 16.5. The van der Waals surface area contributed by atoms with Crippen LogP contribution >= 0.6 is 0 Å². The Labute approximate surface area is 140 Å². The van der Waals surface area contributed by atoms with Gasteiger partial charge >= 0.3 is 0 Å². The lowest BCUT2D eigenvalue weighted by Gasteiger charge is -2.31. The van der Waals surface area contributed by atoms with E-state index in [9.17, 15) is 4.79 Å². The summed E-state index contributed by atoms with van der Waals surface area (Å²) in [7, 11) is 1.86. The fourth-order valence-electron chi connectivity index (χ4n) is 3.58. The molecule has 2 aromatic heterocycles. The molecule has 0 saturated carbocycles.